The molecule has 1 aromatic carbocycles. The minimum Gasteiger partial charge on any atom is -0.465 e. The van der Waals surface area contributed by atoms with Crippen LogP contribution in [-0.4, -0.2) is 38.1 Å². The lowest BCUT2D eigenvalue weighted by Crippen LogP contribution is -2.41. The van der Waals surface area contributed by atoms with Crippen molar-refractivity contribution >= 4 is 5.97 Å². The molecule has 0 bridgehead atoms. The Morgan fingerprint density at radius 1 is 1.28 bits per heavy atom. The Morgan fingerprint density at radius 2 is 1.89 bits per heavy atom. The summed E-state index contributed by atoms with van der Waals surface area (Å²) in [7, 11) is 4.09. The maximum Gasteiger partial charge on any atom is 0.302 e. The molecule has 0 aliphatic heterocycles. The van der Waals surface area contributed by atoms with Crippen LogP contribution < -0.4 is 0 Å². The van der Waals surface area contributed by atoms with E-state index in [4.69, 9.17) is 4.74 Å². The highest BCUT2D eigenvalue weighted by molar-refractivity contribution is 5.66. The van der Waals surface area contributed by atoms with Crippen LogP contribution in [-0.2, 0) is 14.9 Å². The largest absolute Gasteiger partial charge is 0.465 e. The average molecular weight is 249 g/mol. The molecule has 100 valence electrons. The highest BCUT2D eigenvalue weighted by Gasteiger charge is 2.32. The fourth-order valence-corrected chi connectivity index (χ4v) is 2.28. The third-order valence-electron chi connectivity index (χ3n) is 3.23. The first-order valence-electron chi connectivity index (χ1n) is 6.34. The van der Waals surface area contributed by atoms with Crippen molar-refractivity contribution in [3.8, 4) is 0 Å². The Morgan fingerprint density at radius 3 is 2.33 bits per heavy atom. The van der Waals surface area contributed by atoms with Crippen molar-refractivity contribution in [1.29, 1.82) is 0 Å². The van der Waals surface area contributed by atoms with Gasteiger partial charge in [-0.15, -0.1) is 0 Å². The fraction of sp³-hybridized carbons (Fsp3) is 0.533. The number of likely N-dealkylation sites (N-methyl/N-ethyl adjacent to an activating group) is 1. The van der Waals surface area contributed by atoms with Gasteiger partial charge in [-0.25, -0.2) is 0 Å². The number of hydrogen-bond donors (Lipinski definition) is 0. The van der Waals surface area contributed by atoms with Crippen LogP contribution in [0.1, 0.15) is 25.8 Å². The maximum absolute atomic E-state index is 11.1. The molecule has 1 unspecified atom stereocenters. The Labute approximate surface area is 110 Å². The smallest absolute Gasteiger partial charge is 0.302 e. The van der Waals surface area contributed by atoms with E-state index >= 15 is 0 Å². The van der Waals surface area contributed by atoms with Crippen molar-refractivity contribution in [3.05, 3.63) is 35.9 Å². The molecule has 0 aliphatic rings. The summed E-state index contributed by atoms with van der Waals surface area (Å²) in [6, 6.07) is 10.3. The van der Waals surface area contributed by atoms with Gasteiger partial charge in [-0.1, -0.05) is 37.3 Å². The van der Waals surface area contributed by atoms with Gasteiger partial charge in [0, 0.05) is 18.9 Å². The van der Waals surface area contributed by atoms with Crippen molar-refractivity contribution < 1.29 is 9.53 Å². The number of ether oxygens (including phenoxy) is 1. The maximum atomic E-state index is 11.1. The lowest BCUT2D eigenvalue weighted by atomic mass is 9.78. The second kappa shape index (κ2) is 6.55. The molecule has 0 amide bonds. The monoisotopic (exact) mass is 249 g/mol. The van der Waals surface area contributed by atoms with Gasteiger partial charge in [0.2, 0.25) is 0 Å². The van der Waals surface area contributed by atoms with Gasteiger partial charge in [0.25, 0.3) is 0 Å². The van der Waals surface area contributed by atoms with E-state index in [0.717, 1.165) is 13.0 Å². The molecule has 18 heavy (non-hydrogen) atoms. The van der Waals surface area contributed by atoms with Crippen molar-refractivity contribution in [2.75, 3.05) is 27.2 Å². The zero-order valence-electron chi connectivity index (χ0n) is 11.8. The van der Waals surface area contributed by atoms with Crippen LogP contribution in [0.4, 0.5) is 0 Å². The standard InChI is InChI=1S/C15H23NO2/c1-5-15(11-16(3)4,12-18-13(2)17)14-9-7-6-8-10-14/h6-10H,5,11-12H2,1-4H3. The van der Waals surface area contributed by atoms with Gasteiger partial charge < -0.3 is 9.64 Å². The molecular weight excluding hydrogens is 226 g/mol. The number of nitrogens with zero attached hydrogens (tertiary/aromatic N) is 1. The lowest BCUT2D eigenvalue weighted by molar-refractivity contribution is -0.143. The van der Waals surface area contributed by atoms with E-state index in [1.54, 1.807) is 0 Å². The van der Waals surface area contributed by atoms with Gasteiger partial charge in [0.1, 0.15) is 6.61 Å². The molecular formula is C15H23NO2. The molecule has 0 N–H and O–H groups in total. The third kappa shape index (κ3) is 3.84. The second-order valence-electron chi connectivity index (χ2n) is 5.02. The summed E-state index contributed by atoms with van der Waals surface area (Å²) in [5.74, 6) is -0.220. The van der Waals surface area contributed by atoms with Gasteiger partial charge in [-0.2, -0.15) is 0 Å². The van der Waals surface area contributed by atoms with Gasteiger partial charge in [0.15, 0.2) is 0 Å². The number of esters is 1. The molecule has 1 rings (SSSR count). The van der Waals surface area contributed by atoms with E-state index in [0.29, 0.717) is 6.61 Å². The normalized spacial score (nSPS) is 14.3. The average Bonchev–Trinajstić information content (AvgIpc) is 2.35. The molecule has 0 saturated carbocycles. The quantitative estimate of drug-likeness (QED) is 0.725. The third-order valence-corrected chi connectivity index (χ3v) is 3.23. The van der Waals surface area contributed by atoms with E-state index in [-0.39, 0.29) is 11.4 Å². The van der Waals surface area contributed by atoms with Crippen molar-refractivity contribution in [2.45, 2.75) is 25.7 Å². The molecule has 3 heteroatoms. The first kappa shape index (κ1) is 14.7. The number of carbonyl (C=O) groups is 1. The number of hydrogen-bond acceptors (Lipinski definition) is 3. The van der Waals surface area contributed by atoms with Gasteiger partial charge in [-0.3, -0.25) is 4.79 Å². The Bertz CT molecular complexity index is 375. The summed E-state index contributed by atoms with van der Waals surface area (Å²) in [5.41, 5.74) is 1.10. The first-order chi connectivity index (χ1) is 8.50. The van der Waals surface area contributed by atoms with Gasteiger partial charge in [0.05, 0.1) is 0 Å². The second-order valence-corrected chi connectivity index (χ2v) is 5.02. The van der Waals surface area contributed by atoms with E-state index < -0.39 is 0 Å². The van der Waals surface area contributed by atoms with Crippen molar-refractivity contribution in [3.63, 3.8) is 0 Å². The number of carbonyl (C=O) groups excluding carboxylic acids is 1. The molecule has 0 heterocycles. The van der Waals surface area contributed by atoms with Crippen LogP contribution >= 0.6 is 0 Å². The summed E-state index contributed by atoms with van der Waals surface area (Å²) in [6.07, 6.45) is 0.933. The van der Waals surface area contributed by atoms with Gasteiger partial charge in [-0.05, 0) is 26.1 Å². The molecule has 0 aromatic heterocycles. The van der Waals surface area contributed by atoms with Crippen LogP contribution in [0, 0.1) is 0 Å². The lowest BCUT2D eigenvalue weighted by Gasteiger charge is -2.35. The minimum absolute atomic E-state index is 0.129. The van der Waals surface area contributed by atoms with Crippen LogP contribution in [0.5, 0.6) is 0 Å². The summed E-state index contributed by atoms with van der Waals surface area (Å²) in [6.45, 7) is 4.89. The minimum atomic E-state index is -0.220. The molecule has 0 fully saturated rings. The van der Waals surface area contributed by atoms with Crippen molar-refractivity contribution in [2.24, 2.45) is 0 Å². The zero-order valence-corrected chi connectivity index (χ0v) is 11.8. The topological polar surface area (TPSA) is 29.5 Å². The molecule has 0 aliphatic carbocycles. The SMILES string of the molecule is CCC(COC(C)=O)(CN(C)C)c1ccccc1. The van der Waals surface area contributed by atoms with Crippen LogP contribution in [0.25, 0.3) is 0 Å². The number of rotatable bonds is 6. The van der Waals surface area contributed by atoms with Crippen LogP contribution in [0.3, 0.4) is 0 Å². The van der Waals surface area contributed by atoms with Crippen LogP contribution in [0.2, 0.25) is 0 Å². The summed E-state index contributed by atoms with van der Waals surface area (Å²) in [5, 5.41) is 0. The Hall–Kier alpha value is -1.35. The zero-order chi connectivity index (χ0) is 13.6. The summed E-state index contributed by atoms with van der Waals surface area (Å²) < 4.78 is 5.29. The molecule has 3 nitrogen and oxygen atoms in total. The molecule has 1 atom stereocenters. The van der Waals surface area contributed by atoms with Crippen molar-refractivity contribution in [1.82, 2.24) is 4.90 Å². The molecule has 0 saturated heterocycles. The van der Waals surface area contributed by atoms with E-state index in [1.165, 1.54) is 12.5 Å². The Kier molecular flexibility index (Phi) is 5.35. The first-order valence-corrected chi connectivity index (χ1v) is 6.34. The highest BCUT2D eigenvalue weighted by Crippen LogP contribution is 2.29. The number of benzene rings is 1. The van der Waals surface area contributed by atoms with E-state index in [2.05, 4.69) is 24.0 Å². The van der Waals surface area contributed by atoms with E-state index in [1.807, 2.05) is 32.3 Å². The summed E-state index contributed by atoms with van der Waals surface area (Å²) in [4.78, 5) is 13.2. The fourth-order valence-electron chi connectivity index (χ4n) is 2.28. The predicted molar refractivity (Wildman–Crippen MR) is 73.6 cm³/mol. The van der Waals surface area contributed by atoms with Crippen LogP contribution in [0.15, 0.2) is 30.3 Å². The predicted octanol–water partition coefficient (Wildman–Crippen LogP) is 2.46. The molecule has 1 aromatic rings. The summed E-state index contributed by atoms with van der Waals surface area (Å²) >= 11 is 0. The molecule has 0 spiro atoms. The van der Waals surface area contributed by atoms with E-state index in [9.17, 15) is 4.79 Å². The Balaban J connectivity index is 3.01. The highest BCUT2D eigenvalue weighted by atomic mass is 16.5. The van der Waals surface area contributed by atoms with Gasteiger partial charge >= 0.3 is 5.97 Å². The molecule has 0 radical (unpaired) electrons.